The number of carbonyl (C=O) groups is 1. The molecule has 1 aliphatic heterocycles. The predicted octanol–water partition coefficient (Wildman–Crippen LogP) is 2.12. The number of hydrogen-bond donors (Lipinski definition) is 0. The van der Waals surface area contributed by atoms with E-state index in [0.29, 0.717) is 29.5 Å². The van der Waals surface area contributed by atoms with Crippen LogP contribution in [-0.4, -0.2) is 37.5 Å². The lowest BCUT2D eigenvalue weighted by atomic mass is 10.1. The first-order valence-electron chi connectivity index (χ1n) is 7.28. The van der Waals surface area contributed by atoms with Gasteiger partial charge in [0.25, 0.3) is 5.91 Å². The molecule has 1 aromatic carbocycles. The molecule has 3 aromatic rings. The van der Waals surface area contributed by atoms with Crippen molar-refractivity contribution < 1.29 is 9.32 Å². The highest BCUT2D eigenvalue weighted by Crippen LogP contribution is 2.30. The molecule has 116 valence electrons. The lowest BCUT2D eigenvalue weighted by molar-refractivity contribution is 0.0787. The Kier molecular flexibility index (Phi) is 2.84. The average Bonchev–Trinajstić information content (AvgIpc) is 3.10. The zero-order valence-corrected chi connectivity index (χ0v) is 13.1. The van der Waals surface area contributed by atoms with Crippen LogP contribution in [0.25, 0.3) is 17.2 Å². The molecule has 0 aliphatic carbocycles. The van der Waals surface area contributed by atoms with E-state index in [1.54, 1.807) is 25.2 Å². The number of hydrogen-bond acceptors (Lipinski definition) is 5. The minimum absolute atomic E-state index is 0.00274. The second-order valence-electron chi connectivity index (χ2n) is 5.68. The minimum Gasteiger partial charge on any atom is -0.339 e. The molecule has 1 amide bonds. The first-order valence-corrected chi connectivity index (χ1v) is 7.28. The van der Waals surface area contributed by atoms with Crippen LogP contribution in [0.5, 0.6) is 0 Å². The van der Waals surface area contributed by atoms with Gasteiger partial charge in [0.1, 0.15) is 12.0 Å². The first-order chi connectivity index (χ1) is 11.1. The average molecular weight is 309 g/mol. The number of benzene rings is 1. The standard InChI is InChI=1S/C16H15N5O2/c1-9-5-4-6-11-13(9)16(22)20(3)7-12-14(17-8-21(11)12)15-18-10(2)23-19-15/h4-6,8H,7H2,1-3H3. The van der Waals surface area contributed by atoms with Gasteiger partial charge in [0.15, 0.2) is 0 Å². The third kappa shape index (κ3) is 1.97. The molecular formula is C16H15N5O2. The summed E-state index contributed by atoms with van der Waals surface area (Å²) in [6.45, 7) is 4.10. The van der Waals surface area contributed by atoms with Crippen molar-refractivity contribution in [2.75, 3.05) is 7.05 Å². The predicted molar refractivity (Wildman–Crippen MR) is 82.1 cm³/mol. The van der Waals surface area contributed by atoms with E-state index in [1.807, 2.05) is 29.7 Å². The summed E-state index contributed by atoms with van der Waals surface area (Å²) in [4.78, 5) is 23.1. The number of aromatic nitrogens is 4. The number of imidazole rings is 1. The van der Waals surface area contributed by atoms with Crippen LogP contribution >= 0.6 is 0 Å². The lowest BCUT2D eigenvalue weighted by Crippen LogP contribution is -2.25. The monoisotopic (exact) mass is 309 g/mol. The summed E-state index contributed by atoms with van der Waals surface area (Å²) in [6, 6.07) is 5.81. The van der Waals surface area contributed by atoms with Crippen molar-refractivity contribution in [1.29, 1.82) is 0 Å². The highest BCUT2D eigenvalue weighted by atomic mass is 16.5. The summed E-state index contributed by atoms with van der Waals surface area (Å²) >= 11 is 0. The molecule has 0 saturated carbocycles. The molecule has 1 aliphatic rings. The maximum Gasteiger partial charge on any atom is 0.256 e. The molecule has 7 heteroatoms. The van der Waals surface area contributed by atoms with E-state index in [4.69, 9.17) is 4.52 Å². The van der Waals surface area contributed by atoms with E-state index in [-0.39, 0.29) is 5.91 Å². The van der Waals surface area contributed by atoms with Gasteiger partial charge in [-0.05, 0) is 18.6 Å². The molecule has 0 radical (unpaired) electrons. The van der Waals surface area contributed by atoms with Gasteiger partial charge in [-0.25, -0.2) is 4.98 Å². The summed E-state index contributed by atoms with van der Waals surface area (Å²) in [5.74, 6) is 0.918. The highest BCUT2D eigenvalue weighted by molar-refractivity contribution is 5.99. The Labute approximate surface area is 132 Å². The molecule has 0 saturated heterocycles. The van der Waals surface area contributed by atoms with Crippen LogP contribution in [-0.2, 0) is 6.54 Å². The van der Waals surface area contributed by atoms with Gasteiger partial charge in [-0.2, -0.15) is 4.98 Å². The lowest BCUT2D eigenvalue weighted by Gasteiger charge is -2.15. The number of fused-ring (bicyclic) bond motifs is 3. The van der Waals surface area contributed by atoms with Crippen molar-refractivity contribution in [2.45, 2.75) is 20.4 Å². The van der Waals surface area contributed by atoms with Gasteiger partial charge < -0.3 is 9.42 Å². The van der Waals surface area contributed by atoms with Crippen molar-refractivity contribution >= 4 is 5.91 Å². The quantitative estimate of drug-likeness (QED) is 0.688. The van der Waals surface area contributed by atoms with Crippen LogP contribution < -0.4 is 0 Å². The molecule has 0 atom stereocenters. The summed E-state index contributed by atoms with van der Waals surface area (Å²) in [5, 5.41) is 3.95. The van der Waals surface area contributed by atoms with E-state index >= 15 is 0 Å². The first kappa shape index (κ1) is 13.7. The van der Waals surface area contributed by atoms with Crippen LogP contribution in [0, 0.1) is 13.8 Å². The van der Waals surface area contributed by atoms with Gasteiger partial charge in [-0.1, -0.05) is 17.3 Å². The van der Waals surface area contributed by atoms with E-state index in [0.717, 1.165) is 16.9 Å². The van der Waals surface area contributed by atoms with Crippen LogP contribution in [0.2, 0.25) is 0 Å². The fourth-order valence-corrected chi connectivity index (χ4v) is 2.93. The van der Waals surface area contributed by atoms with E-state index < -0.39 is 0 Å². The minimum atomic E-state index is -0.00274. The molecule has 23 heavy (non-hydrogen) atoms. The molecule has 0 bridgehead atoms. The topological polar surface area (TPSA) is 77.1 Å². The maximum atomic E-state index is 12.7. The van der Waals surface area contributed by atoms with Crippen molar-refractivity contribution in [1.82, 2.24) is 24.6 Å². The van der Waals surface area contributed by atoms with Crippen LogP contribution in [0.4, 0.5) is 0 Å². The van der Waals surface area contributed by atoms with E-state index in [1.165, 1.54) is 0 Å². The van der Waals surface area contributed by atoms with Crippen molar-refractivity contribution in [3.63, 3.8) is 0 Å². The van der Waals surface area contributed by atoms with E-state index in [9.17, 15) is 4.79 Å². The van der Waals surface area contributed by atoms with E-state index in [2.05, 4.69) is 15.1 Å². The Bertz CT molecular complexity index is 924. The van der Waals surface area contributed by atoms with Crippen LogP contribution in [0.3, 0.4) is 0 Å². The molecule has 0 N–H and O–H groups in total. The molecule has 3 heterocycles. The van der Waals surface area contributed by atoms with Crippen molar-refractivity contribution in [2.24, 2.45) is 0 Å². The van der Waals surface area contributed by atoms with Gasteiger partial charge in [0.05, 0.1) is 23.5 Å². The maximum absolute atomic E-state index is 12.7. The van der Waals surface area contributed by atoms with Crippen molar-refractivity contribution in [3.8, 4) is 17.2 Å². The number of carbonyl (C=O) groups excluding carboxylic acids is 1. The van der Waals surface area contributed by atoms with Gasteiger partial charge in [0, 0.05) is 14.0 Å². The number of amides is 1. The second kappa shape index (κ2) is 4.77. The fraction of sp³-hybridized carbons (Fsp3) is 0.250. The van der Waals surface area contributed by atoms with Gasteiger partial charge in [0.2, 0.25) is 11.7 Å². The molecule has 0 unspecified atom stereocenters. The Morgan fingerprint density at radius 1 is 1.26 bits per heavy atom. The Morgan fingerprint density at radius 2 is 2.09 bits per heavy atom. The highest BCUT2D eigenvalue weighted by Gasteiger charge is 2.28. The number of aryl methyl sites for hydroxylation is 2. The SMILES string of the molecule is Cc1nc(-c2ncn3c2CN(C)C(=O)c2c(C)cccc2-3)no1. The molecule has 2 aromatic heterocycles. The van der Waals surface area contributed by atoms with Crippen LogP contribution in [0.1, 0.15) is 27.5 Å². The summed E-state index contributed by atoms with van der Waals surface area (Å²) in [5.41, 5.74) is 3.97. The smallest absolute Gasteiger partial charge is 0.256 e. The third-order valence-electron chi connectivity index (χ3n) is 4.06. The third-order valence-corrected chi connectivity index (χ3v) is 4.06. The zero-order valence-electron chi connectivity index (χ0n) is 13.1. The molecular weight excluding hydrogens is 294 g/mol. The molecule has 0 fully saturated rings. The summed E-state index contributed by atoms with van der Waals surface area (Å²) < 4.78 is 6.99. The van der Waals surface area contributed by atoms with Gasteiger partial charge in [-0.15, -0.1) is 0 Å². The fourth-order valence-electron chi connectivity index (χ4n) is 2.93. The molecule has 7 nitrogen and oxygen atoms in total. The second-order valence-corrected chi connectivity index (χ2v) is 5.68. The van der Waals surface area contributed by atoms with Gasteiger partial charge >= 0.3 is 0 Å². The number of rotatable bonds is 1. The zero-order chi connectivity index (χ0) is 16.1. The molecule has 0 spiro atoms. The normalized spacial score (nSPS) is 13.7. The Balaban J connectivity index is 1.98. The summed E-state index contributed by atoms with van der Waals surface area (Å²) in [6.07, 6.45) is 1.71. The summed E-state index contributed by atoms with van der Waals surface area (Å²) in [7, 11) is 1.78. The number of nitrogens with zero attached hydrogens (tertiary/aromatic N) is 5. The Hall–Kier alpha value is -2.96. The Morgan fingerprint density at radius 3 is 2.83 bits per heavy atom. The molecule has 4 rings (SSSR count). The van der Waals surface area contributed by atoms with Crippen LogP contribution in [0.15, 0.2) is 29.0 Å². The largest absolute Gasteiger partial charge is 0.339 e. The van der Waals surface area contributed by atoms with Crippen molar-refractivity contribution in [3.05, 3.63) is 47.2 Å². The van der Waals surface area contributed by atoms with Gasteiger partial charge in [-0.3, -0.25) is 9.36 Å².